The van der Waals surface area contributed by atoms with Crippen molar-refractivity contribution < 1.29 is 9.53 Å². The molecule has 0 unspecified atom stereocenters. The standard InChI is InChI=1S/C24H30O2/c1-16-15-19-13-9-10-14-20(19)22(18-11-7-6-8-12-18)21(16)23(17(2)25)26-24(3,4)5/h9-11,13-15,23H,6-8,12H2,1-5H3/t23-/m1/s1. The van der Waals surface area contributed by atoms with E-state index < -0.39 is 6.10 Å². The highest BCUT2D eigenvalue weighted by Gasteiger charge is 2.30. The fourth-order valence-electron chi connectivity index (χ4n) is 3.95. The summed E-state index contributed by atoms with van der Waals surface area (Å²) in [6, 6.07) is 10.7. The molecule has 0 saturated carbocycles. The van der Waals surface area contributed by atoms with E-state index in [-0.39, 0.29) is 11.4 Å². The van der Waals surface area contributed by atoms with E-state index in [1.54, 1.807) is 6.92 Å². The lowest BCUT2D eigenvalue weighted by molar-refractivity contribution is -0.138. The molecule has 0 N–H and O–H groups in total. The summed E-state index contributed by atoms with van der Waals surface area (Å²) >= 11 is 0. The molecule has 0 aliphatic heterocycles. The third kappa shape index (κ3) is 3.91. The number of rotatable bonds is 4. The van der Waals surface area contributed by atoms with Gasteiger partial charge in [0.1, 0.15) is 6.10 Å². The van der Waals surface area contributed by atoms with Crippen molar-refractivity contribution in [1.82, 2.24) is 0 Å². The summed E-state index contributed by atoms with van der Waals surface area (Å²) < 4.78 is 6.27. The minimum absolute atomic E-state index is 0.0657. The van der Waals surface area contributed by atoms with E-state index in [0.717, 1.165) is 24.0 Å². The van der Waals surface area contributed by atoms with E-state index in [4.69, 9.17) is 4.74 Å². The molecule has 2 aromatic carbocycles. The lowest BCUT2D eigenvalue weighted by atomic mass is 9.82. The molecule has 2 aromatic rings. The number of carbonyl (C=O) groups excluding carboxylic acids is 1. The molecule has 26 heavy (non-hydrogen) atoms. The fourth-order valence-corrected chi connectivity index (χ4v) is 3.95. The van der Waals surface area contributed by atoms with E-state index in [1.165, 1.54) is 34.8 Å². The summed E-state index contributed by atoms with van der Waals surface area (Å²) in [6.07, 6.45) is 6.47. The first-order valence-corrected chi connectivity index (χ1v) is 9.68. The third-order valence-electron chi connectivity index (χ3n) is 5.01. The van der Waals surface area contributed by atoms with Gasteiger partial charge in [-0.2, -0.15) is 0 Å². The Kier molecular flexibility index (Phi) is 5.34. The van der Waals surface area contributed by atoms with Crippen LogP contribution in [0.3, 0.4) is 0 Å². The molecule has 2 nitrogen and oxygen atoms in total. The van der Waals surface area contributed by atoms with Crippen LogP contribution in [0.1, 0.15) is 76.2 Å². The maximum atomic E-state index is 12.6. The molecule has 0 amide bonds. The predicted octanol–water partition coefficient (Wildman–Crippen LogP) is 6.55. The number of benzene rings is 2. The molecule has 0 saturated heterocycles. The van der Waals surface area contributed by atoms with Crippen LogP contribution >= 0.6 is 0 Å². The van der Waals surface area contributed by atoms with Crippen LogP contribution in [0.5, 0.6) is 0 Å². The smallest absolute Gasteiger partial charge is 0.163 e. The van der Waals surface area contributed by atoms with Gasteiger partial charge in [0.15, 0.2) is 5.78 Å². The van der Waals surface area contributed by atoms with Crippen molar-refractivity contribution in [1.29, 1.82) is 0 Å². The van der Waals surface area contributed by atoms with Gasteiger partial charge in [0.25, 0.3) is 0 Å². The van der Waals surface area contributed by atoms with Gasteiger partial charge in [-0.15, -0.1) is 0 Å². The van der Waals surface area contributed by atoms with E-state index in [2.05, 4.69) is 43.3 Å². The van der Waals surface area contributed by atoms with Crippen LogP contribution in [0.25, 0.3) is 16.3 Å². The van der Waals surface area contributed by atoms with Crippen LogP contribution in [0.15, 0.2) is 36.4 Å². The maximum absolute atomic E-state index is 12.6. The molecular weight excluding hydrogens is 320 g/mol. The van der Waals surface area contributed by atoms with Crippen molar-refractivity contribution in [2.75, 3.05) is 0 Å². The Morgan fingerprint density at radius 3 is 2.50 bits per heavy atom. The summed E-state index contributed by atoms with van der Waals surface area (Å²) in [5.41, 5.74) is 4.40. The fraction of sp³-hybridized carbons (Fsp3) is 0.458. The molecule has 0 heterocycles. The molecule has 0 fully saturated rings. The average Bonchev–Trinajstić information content (AvgIpc) is 2.58. The lowest BCUT2D eigenvalue weighted by Crippen LogP contribution is -2.27. The SMILES string of the molecule is CC(=O)[C@@H](OC(C)(C)C)c1c(C)cc2ccccc2c1C1=CCCCC1. The first-order chi connectivity index (χ1) is 12.3. The Morgan fingerprint density at radius 1 is 1.15 bits per heavy atom. The number of hydrogen-bond acceptors (Lipinski definition) is 2. The number of hydrogen-bond donors (Lipinski definition) is 0. The molecule has 138 valence electrons. The van der Waals surface area contributed by atoms with Gasteiger partial charge in [-0.3, -0.25) is 4.79 Å². The van der Waals surface area contributed by atoms with Crippen molar-refractivity contribution in [3.05, 3.63) is 53.1 Å². The van der Waals surface area contributed by atoms with Crippen molar-refractivity contribution in [3.63, 3.8) is 0 Å². The quantitative estimate of drug-likeness (QED) is 0.625. The number of allylic oxidation sites excluding steroid dienone is 2. The Balaban J connectivity index is 2.30. The van der Waals surface area contributed by atoms with Gasteiger partial charge in [0.2, 0.25) is 0 Å². The first-order valence-electron chi connectivity index (χ1n) is 9.68. The highest BCUT2D eigenvalue weighted by atomic mass is 16.5. The molecule has 0 aromatic heterocycles. The molecule has 0 bridgehead atoms. The zero-order chi connectivity index (χ0) is 18.9. The monoisotopic (exact) mass is 350 g/mol. The van der Waals surface area contributed by atoms with Crippen LogP contribution in [-0.4, -0.2) is 11.4 Å². The molecule has 1 aliphatic carbocycles. The van der Waals surface area contributed by atoms with E-state index >= 15 is 0 Å². The molecular formula is C24H30O2. The van der Waals surface area contributed by atoms with E-state index in [9.17, 15) is 4.79 Å². The Labute approximate surface area is 157 Å². The largest absolute Gasteiger partial charge is 0.360 e. The van der Waals surface area contributed by atoms with Crippen LogP contribution in [0, 0.1) is 6.92 Å². The second-order valence-corrected chi connectivity index (χ2v) is 8.40. The molecule has 0 radical (unpaired) electrons. The van der Waals surface area contributed by atoms with Crippen LogP contribution in [0.2, 0.25) is 0 Å². The number of aryl methyl sites for hydroxylation is 1. The molecule has 0 spiro atoms. The summed E-state index contributed by atoms with van der Waals surface area (Å²) in [7, 11) is 0. The first kappa shape index (κ1) is 18.8. The van der Waals surface area contributed by atoms with Crippen molar-refractivity contribution in [2.24, 2.45) is 0 Å². The molecule has 1 aliphatic rings. The maximum Gasteiger partial charge on any atom is 0.163 e. The Morgan fingerprint density at radius 2 is 1.88 bits per heavy atom. The van der Waals surface area contributed by atoms with Crippen LogP contribution in [0.4, 0.5) is 0 Å². The van der Waals surface area contributed by atoms with E-state index in [1.807, 2.05) is 20.8 Å². The molecule has 1 atom stereocenters. The third-order valence-corrected chi connectivity index (χ3v) is 5.01. The summed E-state index contributed by atoms with van der Waals surface area (Å²) in [5, 5.41) is 2.46. The summed E-state index contributed by atoms with van der Waals surface area (Å²) in [5.74, 6) is 0.0657. The lowest BCUT2D eigenvalue weighted by Gasteiger charge is -2.30. The Bertz CT molecular complexity index is 852. The van der Waals surface area contributed by atoms with Gasteiger partial charge in [0.05, 0.1) is 5.60 Å². The van der Waals surface area contributed by atoms with Crippen molar-refractivity contribution in [2.45, 2.75) is 72.0 Å². The normalized spacial score (nSPS) is 16.4. The minimum atomic E-state index is -0.530. The van der Waals surface area contributed by atoms with Gasteiger partial charge in [0, 0.05) is 0 Å². The number of ketones is 1. The van der Waals surface area contributed by atoms with Crippen molar-refractivity contribution in [3.8, 4) is 0 Å². The van der Waals surface area contributed by atoms with Gasteiger partial charge >= 0.3 is 0 Å². The Hall–Kier alpha value is -1.93. The second kappa shape index (κ2) is 7.36. The van der Waals surface area contributed by atoms with Gasteiger partial charge in [-0.1, -0.05) is 36.4 Å². The average molecular weight is 351 g/mol. The van der Waals surface area contributed by atoms with Gasteiger partial charge in [-0.05, 0) is 93.3 Å². The van der Waals surface area contributed by atoms with E-state index in [0.29, 0.717) is 0 Å². The highest BCUT2D eigenvalue weighted by molar-refractivity contribution is 5.98. The predicted molar refractivity (Wildman–Crippen MR) is 109 cm³/mol. The topological polar surface area (TPSA) is 26.3 Å². The zero-order valence-corrected chi connectivity index (χ0v) is 16.7. The second-order valence-electron chi connectivity index (χ2n) is 8.40. The number of carbonyl (C=O) groups is 1. The number of fused-ring (bicyclic) bond motifs is 1. The van der Waals surface area contributed by atoms with Crippen LogP contribution < -0.4 is 0 Å². The minimum Gasteiger partial charge on any atom is -0.360 e. The number of Topliss-reactive ketones (excluding diaryl/α,β-unsaturated/α-hetero) is 1. The summed E-state index contributed by atoms with van der Waals surface area (Å²) in [6.45, 7) is 9.79. The van der Waals surface area contributed by atoms with Gasteiger partial charge < -0.3 is 4.74 Å². The zero-order valence-electron chi connectivity index (χ0n) is 16.7. The molecule has 3 rings (SSSR count). The van der Waals surface area contributed by atoms with Crippen LogP contribution in [-0.2, 0) is 9.53 Å². The number of ether oxygens (including phenoxy) is 1. The van der Waals surface area contributed by atoms with Crippen molar-refractivity contribution >= 4 is 22.1 Å². The summed E-state index contributed by atoms with van der Waals surface area (Å²) in [4.78, 5) is 12.6. The van der Waals surface area contributed by atoms with Gasteiger partial charge in [-0.25, -0.2) is 0 Å². The molecule has 2 heteroatoms. The highest BCUT2D eigenvalue weighted by Crippen LogP contribution is 2.41.